The Kier molecular flexibility index (Phi) is 6.07. The normalized spacial score (nSPS) is 16.5. The predicted octanol–water partition coefficient (Wildman–Crippen LogP) is 4.26. The highest BCUT2D eigenvalue weighted by molar-refractivity contribution is 5.97. The molecular formula is C22H24F2N2O2. The molecule has 1 aliphatic heterocycles. The first-order valence-electron chi connectivity index (χ1n) is 9.47. The smallest absolute Gasteiger partial charge is 0.253 e. The molecule has 28 heavy (non-hydrogen) atoms. The van der Waals surface area contributed by atoms with E-state index >= 15 is 0 Å². The molecular weight excluding hydrogens is 362 g/mol. The molecule has 0 spiro atoms. The van der Waals surface area contributed by atoms with Crippen LogP contribution in [0.4, 0.5) is 14.5 Å². The molecule has 2 aromatic rings. The summed E-state index contributed by atoms with van der Waals surface area (Å²) in [5.41, 5.74) is 1.71. The molecule has 1 fully saturated rings. The average molecular weight is 386 g/mol. The van der Waals surface area contributed by atoms with E-state index in [1.54, 1.807) is 43.0 Å². The van der Waals surface area contributed by atoms with Gasteiger partial charge < -0.3 is 10.2 Å². The lowest BCUT2D eigenvalue weighted by atomic mass is 9.98. The fourth-order valence-corrected chi connectivity index (χ4v) is 3.45. The molecule has 1 heterocycles. The maximum Gasteiger partial charge on any atom is 0.253 e. The lowest BCUT2D eigenvalue weighted by molar-refractivity contribution is -0.118. The van der Waals surface area contributed by atoms with E-state index < -0.39 is 11.6 Å². The number of hydrogen-bond donors (Lipinski definition) is 1. The molecule has 1 unspecified atom stereocenters. The second kappa shape index (κ2) is 8.50. The zero-order valence-electron chi connectivity index (χ0n) is 16.0. The van der Waals surface area contributed by atoms with E-state index in [1.807, 2.05) is 0 Å². The summed E-state index contributed by atoms with van der Waals surface area (Å²) in [5, 5.41) is 2.80. The number of rotatable bonds is 5. The Bertz CT molecular complexity index is 862. The van der Waals surface area contributed by atoms with Crippen LogP contribution in [0.15, 0.2) is 42.5 Å². The Hall–Kier alpha value is -2.76. The summed E-state index contributed by atoms with van der Waals surface area (Å²) in [5.74, 6) is -1.36. The van der Waals surface area contributed by atoms with Gasteiger partial charge >= 0.3 is 0 Å². The molecule has 148 valence electrons. The molecule has 0 saturated carbocycles. The fourth-order valence-electron chi connectivity index (χ4n) is 3.45. The molecule has 2 aromatic carbocycles. The quantitative estimate of drug-likeness (QED) is 0.835. The van der Waals surface area contributed by atoms with Crippen molar-refractivity contribution >= 4 is 17.5 Å². The van der Waals surface area contributed by atoms with Gasteiger partial charge in [-0.05, 0) is 54.7 Å². The van der Waals surface area contributed by atoms with Gasteiger partial charge in [0.15, 0.2) is 0 Å². The number of anilines is 1. The van der Waals surface area contributed by atoms with Crippen molar-refractivity contribution in [1.29, 1.82) is 0 Å². The topological polar surface area (TPSA) is 49.4 Å². The van der Waals surface area contributed by atoms with E-state index in [2.05, 4.69) is 5.32 Å². The summed E-state index contributed by atoms with van der Waals surface area (Å²) in [6.07, 6.45) is 1.32. The van der Waals surface area contributed by atoms with Crippen LogP contribution in [-0.2, 0) is 11.2 Å². The molecule has 0 bridgehead atoms. The highest BCUT2D eigenvalue weighted by Crippen LogP contribution is 2.24. The lowest BCUT2D eigenvalue weighted by Gasteiger charge is -2.17. The van der Waals surface area contributed by atoms with Crippen LogP contribution in [0.3, 0.4) is 0 Å². The molecule has 0 aliphatic carbocycles. The highest BCUT2D eigenvalue weighted by atomic mass is 19.1. The number of likely N-dealkylation sites (tertiary alicyclic amines) is 1. The molecule has 6 heteroatoms. The van der Waals surface area contributed by atoms with Gasteiger partial charge in [-0.15, -0.1) is 0 Å². The number of nitrogens with one attached hydrogen (secondary N) is 1. The van der Waals surface area contributed by atoms with Gasteiger partial charge in [-0.25, -0.2) is 8.78 Å². The van der Waals surface area contributed by atoms with Crippen LogP contribution in [0.1, 0.15) is 36.2 Å². The SMILES string of the molecule is CC(C)C(=O)Nc1cccc(C(=O)N2CCC(Cc3cc(F)cc(F)c3)C2)c1. The van der Waals surface area contributed by atoms with Crippen LogP contribution < -0.4 is 5.32 Å². The monoisotopic (exact) mass is 386 g/mol. The summed E-state index contributed by atoms with van der Waals surface area (Å²) in [6, 6.07) is 10.4. The highest BCUT2D eigenvalue weighted by Gasteiger charge is 2.27. The lowest BCUT2D eigenvalue weighted by Crippen LogP contribution is -2.29. The number of benzene rings is 2. The van der Waals surface area contributed by atoms with Gasteiger partial charge in [-0.1, -0.05) is 19.9 Å². The van der Waals surface area contributed by atoms with Gasteiger partial charge in [0, 0.05) is 36.3 Å². The Morgan fingerprint density at radius 1 is 1.14 bits per heavy atom. The number of nitrogens with zero attached hydrogens (tertiary/aromatic N) is 1. The maximum absolute atomic E-state index is 13.4. The summed E-state index contributed by atoms with van der Waals surface area (Å²) in [4.78, 5) is 26.4. The third kappa shape index (κ3) is 4.94. The van der Waals surface area contributed by atoms with Gasteiger partial charge in [0.1, 0.15) is 11.6 Å². The number of carbonyl (C=O) groups is 2. The van der Waals surface area contributed by atoms with E-state index in [1.165, 1.54) is 12.1 Å². The Balaban J connectivity index is 1.63. The van der Waals surface area contributed by atoms with Gasteiger partial charge in [-0.2, -0.15) is 0 Å². The number of hydrogen-bond acceptors (Lipinski definition) is 2. The second-order valence-corrected chi connectivity index (χ2v) is 7.61. The van der Waals surface area contributed by atoms with Crippen LogP contribution in [0.5, 0.6) is 0 Å². The maximum atomic E-state index is 13.4. The number of carbonyl (C=O) groups excluding carboxylic acids is 2. The van der Waals surface area contributed by atoms with E-state index in [0.29, 0.717) is 36.3 Å². The second-order valence-electron chi connectivity index (χ2n) is 7.61. The summed E-state index contributed by atoms with van der Waals surface area (Å²) in [7, 11) is 0. The third-order valence-corrected chi connectivity index (χ3v) is 4.92. The van der Waals surface area contributed by atoms with Crippen molar-refractivity contribution in [2.45, 2.75) is 26.7 Å². The van der Waals surface area contributed by atoms with Crippen molar-refractivity contribution < 1.29 is 18.4 Å². The van der Waals surface area contributed by atoms with E-state index in [9.17, 15) is 18.4 Å². The molecule has 1 saturated heterocycles. The van der Waals surface area contributed by atoms with Crippen LogP contribution in [0.25, 0.3) is 0 Å². The first-order valence-corrected chi connectivity index (χ1v) is 9.47. The molecule has 1 N–H and O–H groups in total. The number of amides is 2. The molecule has 0 aromatic heterocycles. The zero-order valence-corrected chi connectivity index (χ0v) is 16.0. The van der Waals surface area contributed by atoms with E-state index in [-0.39, 0.29) is 23.7 Å². The molecule has 1 aliphatic rings. The Labute approximate surface area is 163 Å². The molecule has 0 radical (unpaired) electrons. The van der Waals surface area contributed by atoms with Crippen molar-refractivity contribution in [3.8, 4) is 0 Å². The van der Waals surface area contributed by atoms with Gasteiger partial charge in [0.25, 0.3) is 5.91 Å². The zero-order chi connectivity index (χ0) is 20.3. The Morgan fingerprint density at radius 3 is 2.54 bits per heavy atom. The summed E-state index contributed by atoms with van der Waals surface area (Å²) < 4.78 is 26.7. The van der Waals surface area contributed by atoms with Crippen LogP contribution in [-0.4, -0.2) is 29.8 Å². The first kappa shape index (κ1) is 20.0. The minimum absolute atomic E-state index is 0.103. The van der Waals surface area contributed by atoms with Gasteiger partial charge in [0.2, 0.25) is 5.91 Å². The third-order valence-electron chi connectivity index (χ3n) is 4.92. The number of halogens is 2. The molecule has 3 rings (SSSR count). The molecule has 2 amide bonds. The van der Waals surface area contributed by atoms with Crippen molar-refractivity contribution in [3.05, 3.63) is 65.2 Å². The predicted molar refractivity (Wildman–Crippen MR) is 104 cm³/mol. The fraction of sp³-hybridized carbons (Fsp3) is 0.364. The van der Waals surface area contributed by atoms with E-state index in [4.69, 9.17) is 0 Å². The standard InChI is InChI=1S/C22H24F2N2O2/c1-14(2)21(27)25-20-5-3-4-17(11-20)22(28)26-7-6-15(13-26)8-16-9-18(23)12-19(24)10-16/h3-5,9-12,14-15H,6-8,13H2,1-2H3,(H,25,27). The Morgan fingerprint density at radius 2 is 1.86 bits per heavy atom. The summed E-state index contributed by atoms with van der Waals surface area (Å²) >= 11 is 0. The minimum atomic E-state index is -0.582. The van der Waals surface area contributed by atoms with Gasteiger partial charge in [0.05, 0.1) is 0 Å². The van der Waals surface area contributed by atoms with Crippen molar-refractivity contribution in [3.63, 3.8) is 0 Å². The van der Waals surface area contributed by atoms with Crippen molar-refractivity contribution in [1.82, 2.24) is 4.90 Å². The van der Waals surface area contributed by atoms with Gasteiger partial charge in [-0.3, -0.25) is 9.59 Å². The van der Waals surface area contributed by atoms with Crippen LogP contribution in [0.2, 0.25) is 0 Å². The van der Waals surface area contributed by atoms with Crippen molar-refractivity contribution in [2.24, 2.45) is 11.8 Å². The minimum Gasteiger partial charge on any atom is -0.338 e. The van der Waals surface area contributed by atoms with E-state index in [0.717, 1.165) is 12.5 Å². The summed E-state index contributed by atoms with van der Waals surface area (Å²) in [6.45, 7) is 4.75. The van der Waals surface area contributed by atoms with Crippen molar-refractivity contribution in [2.75, 3.05) is 18.4 Å². The molecule has 1 atom stereocenters. The van der Waals surface area contributed by atoms with Crippen LogP contribution >= 0.6 is 0 Å². The van der Waals surface area contributed by atoms with Crippen LogP contribution in [0, 0.1) is 23.5 Å². The molecule has 4 nitrogen and oxygen atoms in total. The average Bonchev–Trinajstić information content (AvgIpc) is 3.08. The largest absolute Gasteiger partial charge is 0.338 e. The first-order chi connectivity index (χ1) is 13.3.